The molecule has 0 unspecified atom stereocenters. The van der Waals surface area contributed by atoms with Gasteiger partial charge in [-0.3, -0.25) is 9.59 Å². The molecule has 0 aliphatic heterocycles. The van der Waals surface area contributed by atoms with Gasteiger partial charge in [-0.15, -0.1) is 0 Å². The van der Waals surface area contributed by atoms with Crippen molar-refractivity contribution >= 4 is 29.0 Å². The molecule has 0 aliphatic carbocycles. The van der Waals surface area contributed by atoms with Crippen LogP contribution in [0, 0.1) is 6.92 Å². The van der Waals surface area contributed by atoms with Crippen molar-refractivity contribution in [3.05, 3.63) is 58.6 Å². The van der Waals surface area contributed by atoms with Crippen LogP contribution in [0.4, 0.5) is 5.69 Å². The van der Waals surface area contributed by atoms with Crippen LogP contribution in [-0.4, -0.2) is 17.8 Å². The maximum atomic E-state index is 12.2. The van der Waals surface area contributed by atoms with Crippen molar-refractivity contribution in [3.8, 4) is 5.75 Å². The van der Waals surface area contributed by atoms with Crippen molar-refractivity contribution in [3.63, 3.8) is 0 Å². The number of ether oxygens (including phenoxy) is 1. The first-order chi connectivity index (χ1) is 10.9. The topological polar surface area (TPSA) is 55.4 Å². The van der Waals surface area contributed by atoms with Crippen molar-refractivity contribution < 1.29 is 14.3 Å². The smallest absolute Gasteiger partial charge is 0.265 e. The summed E-state index contributed by atoms with van der Waals surface area (Å²) in [6.45, 7) is 5.01. The summed E-state index contributed by atoms with van der Waals surface area (Å²) in [5.41, 5.74) is 1.96. The number of aryl methyl sites for hydroxylation is 1. The van der Waals surface area contributed by atoms with Crippen LogP contribution in [0.15, 0.2) is 42.5 Å². The zero-order chi connectivity index (χ0) is 17.0. The van der Waals surface area contributed by atoms with Crippen LogP contribution in [0.5, 0.6) is 5.75 Å². The number of carbonyl (C=O) groups excluding carboxylic acids is 2. The Balaban J connectivity index is 2.05. The second kappa shape index (κ2) is 7.29. The average Bonchev–Trinajstić information content (AvgIpc) is 2.50. The summed E-state index contributed by atoms with van der Waals surface area (Å²) in [5, 5.41) is 3.36. The number of benzene rings is 2. The summed E-state index contributed by atoms with van der Waals surface area (Å²) in [7, 11) is 0. The lowest BCUT2D eigenvalue weighted by molar-refractivity contribution is -0.122. The van der Waals surface area contributed by atoms with Gasteiger partial charge in [-0.25, -0.2) is 0 Å². The third-order valence-electron chi connectivity index (χ3n) is 3.35. The van der Waals surface area contributed by atoms with Gasteiger partial charge in [-0.1, -0.05) is 23.7 Å². The standard InChI is InChI=1S/C18H18ClNO3/c1-11-9-15(19)7-8-17(11)23-13(3)18(22)20-16-6-4-5-14(10-16)12(2)21/h4-10,13H,1-3H3,(H,20,22)/t13-/m0/s1. The Bertz CT molecular complexity index is 743. The molecule has 1 N–H and O–H groups in total. The van der Waals surface area contributed by atoms with E-state index in [0.29, 0.717) is 22.0 Å². The molecular weight excluding hydrogens is 314 g/mol. The average molecular weight is 332 g/mol. The third-order valence-corrected chi connectivity index (χ3v) is 3.58. The van der Waals surface area contributed by atoms with Crippen molar-refractivity contribution in [1.82, 2.24) is 0 Å². The molecule has 0 bridgehead atoms. The van der Waals surface area contributed by atoms with Crippen molar-refractivity contribution in [2.75, 3.05) is 5.32 Å². The number of hydrogen-bond acceptors (Lipinski definition) is 3. The van der Waals surface area contributed by atoms with Gasteiger partial charge in [0.25, 0.3) is 5.91 Å². The molecule has 120 valence electrons. The Labute approximate surface area is 140 Å². The lowest BCUT2D eigenvalue weighted by atomic mass is 10.1. The summed E-state index contributed by atoms with van der Waals surface area (Å²) in [4.78, 5) is 23.6. The first-order valence-electron chi connectivity index (χ1n) is 7.21. The number of rotatable bonds is 5. The Morgan fingerprint density at radius 1 is 1.17 bits per heavy atom. The first kappa shape index (κ1) is 17.0. The molecule has 0 saturated carbocycles. The maximum Gasteiger partial charge on any atom is 0.265 e. The Morgan fingerprint density at radius 2 is 1.91 bits per heavy atom. The van der Waals surface area contributed by atoms with E-state index in [-0.39, 0.29) is 11.7 Å². The molecule has 1 atom stereocenters. The third kappa shape index (κ3) is 4.57. The Hall–Kier alpha value is -2.33. The lowest BCUT2D eigenvalue weighted by Gasteiger charge is -2.16. The molecule has 1 amide bonds. The minimum Gasteiger partial charge on any atom is -0.481 e. The second-order valence-corrected chi connectivity index (χ2v) is 5.73. The number of hydrogen-bond donors (Lipinski definition) is 1. The molecule has 2 aromatic carbocycles. The van der Waals surface area contributed by atoms with Crippen LogP contribution in [0.3, 0.4) is 0 Å². The first-order valence-corrected chi connectivity index (χ1v) is 7.59. The SMILES string of the molecule is CC(=O)c1cccc(NC(=O)[C@H](C)Oc2ccc(Cl)cc2C)c1. The molecule has 2 aromatic rings. The number of carbonyl (C=O) groups is 2. The summed E-state index contributed by atoms with van der Waals surface area (Å²) >= 11 is 5.90. The van der Waals surface area contributed by atoms with Crippen LogP contribution < -0.4 is 10.1 Å². The Kier molecular flexibility index (Phi) is 5.40. The quantitative estimate of drug-likeness (QED) is 0.833. The van der Waals surface area contributed by atoms with E-state index in [9.17, 15) is 9.59 Å². The zero-order valence-corrected chi connectivity index (χ0v) is 14.0. The summed E-state index contributed by atoms with van der Waals surface area (Å²) in [6.07, 6.45) is -0.684. The molecule has 23 heavy (non-hydrogen) atoms. The molecule has 0 heterocycles. The van der Waals surface area contributed by atoms with Crippen LogP contribution in [-0.2, 0) is 4.79 Å². The predicted molar refractivity (Wildman–Crippen MR) is 91.4 cm³/mol. The predicted octanol–water partition coefficient (Wildman–Crippen LogP) is 4.26. The summed E-state index contributed by atoms with van der Waals surface area (Å²) in [6, 6.07) is 12.0. The summed E-state index contributed by atoms with van der Waals surface area (Å²) < 4.78 is 5.67. The van der Waals surface area contributed by atoms with Crippen molar-refractivity contribution in [2.45, 2.75) is 26.9 Å². The maximum absolute atomic E-state index is 12.2. The minimum absolute atomic E-state index is 0.0535. The van der Waals surface area contributed by atoms with E-state index in [1.165, 1.54) is 6.92 Å². The second-order valence-electron chi connectivity index (χ2n) is 5.30. The van der Waals surface area contributed by atoms with Gasteiger partial charge in [0.1, 0.15) is 5.75 Å². The van der Waals surface area contributed by atoms with Gasteiger partial charge in [0, 0.05) is 16.3 Å². The fraction of sp³-hybridized carbons (Fsp3) is 0.222. The molecular formula is C18H18ClNO3. The molecule has 0 saturated heterocycles. The van der Waals surface area contributed by atoms with E-state index in [4.69, 9.17) is 16.3 Å². The van der Waals surface area contributed by atoms with E-state index in [1.807, 2.05) is 6.92 Å². The van der Waals surface area contributed by atoms with Crippen LogP contribution in [0.25, 0.3) is 0 Å². The molecule has 2 rings (SSSR count). The van der Waals surface area contributed by atoms with Gasteiger partial charge in [0.15, 0.2) is 11.9 Å². The molecule has 4 nitrogen and oxygen atoms in total. The van der Waals surface area contributed by atoms with Crippen LogP contribution in [0.1, 0.15) is 29.8 Å². The van der Waals surface area contributed by atoms with Gasteiger partial charge in [0.2, 0.25) is 0 Å². The van der Waals surface area contributed by atoms with Gasteiger partial charge in [0.05, 0.1) is 0 Å². The number of amides is 1. The highest BCUT2D eigenvalue weighted by Crippen LogP contribution is 2.23. The van der Waals surface area contributed by atoms with E-state index in [1.54, 1.807) is 49.4 Å². The fourth-order valence-electron chi connectivity index (χ4n) is 2.05. The number of nitrogens with one attached hydrogen (secondary N) is 1. The van der Waals surface area contributed by atoms with E-state index in [0.717, 1.165) is 5.56 Å². The normalized spacial score (nSPS) is 11.7. The van der Waals surface area contributed by atoms with Gasteiger partial charge >= 0.3 is 0 Å². The number of anilines is 1. The lowest BCUT2D eigenvalue weighted by Crippen LogP contribution is -2.30. The van der Waals surface area contributed by atoms with E-state index >= 15 is 0 Å². The highest BCUT2D eigenvalue weighted by Gasteiger charge is 2.16. The number of ketones is 1. The summed E-state index contributed by atoms with van der Waals surface area (Å²) in [5.74, 6) is 0.261. The molecule has 0 aliphatic rings. The van der Waals surface area contributed by atoms with Crippen molar-refractivity contribution in [2.24, 2.45) is 0 Å². The van der Waals surface area contributed by atoms with E-state index in [2.05, 4.69) is 5.32 Å². The molecule has 0 aromatic heterocycles. The highest BCUT2D eigenvalue weighted by atomic mass is 35.5. The molecule has 0 radical (unpaired) electrons. The van der Waals surface area contributed by atoms with Gasteiger partial charge in [-0.2, -0.15) is 0 Å². The largest absolute Gasteiger partial charge is 0.481 e. The van der Waals surface area contributed by atoms with Crippen molar-refractivity contribution in [1.29, 1.82) is 0 Å². The number of Topliss-reactive ketones (excluding diaryl/α,β-unsaturated/α-hetero) is 1. The van der Waals surface area contributed by atoms with Crippen LogP contribution in [0.2, 0.25) is 5.02 Å². The molecule has 0 fully saturated rings. The molecule has 5 heteroatoms. The van der Waals surface area contributed by atoms with Crippen LogP contribution >= 0.6 is 11.6 Å². The fourth-order valence-corrected chi connectivity index (χ4v) is 2.28. The number of halogens is 1. The zero-order valence-electron chi connectivity index (χ0n) is 13.2. The minimum atomic E-state index is -0.684. The monoisotopic (exact) mass is 331 g/mol. The van der Waals surface area contributed by atoms with Gasteiger partial charge < -0.3 is 10.1 Å². The highest BCUT2D eigenvalue weighted by molar-refractivity contribution is 6.30. The van der Waals surface area contributed by atoms with E-state index < -0.39 is 6.10 Å². The Morgan fingerprint density at radius 3 is 2.57 bits per heavy atom. The van der Waals surface area contributed by atoms with Gasteiger partial charge in [-0.05, 0) is 56.7 Å². The molecule has 0 spiro atoms.